The molecule has 4 rings (SSSR count). The molecule has 1 unspecified atom stereocenters. The molecule has 2 heterocycles. The predicted octanol–water partition coefficient (Wildman–Crippen LogP) is 5.38. The summed E-state index contributed by atoms with van der Waals surface area (Å²) in [6, 6.07) is 15.8. The molecule has 8 heteroatoms. The Bertz CT molecular complexity index is 1220. The van der Waals surface area contributed by atoms with Gasteiger partial charge in [0, 0.05) is 35.7 Å². The summed E-state index contributed by atoms with van der Waals surface area (Å²) in [5.74, 6) is -0.488. The minimum atomic E-state index is -0.517. The Labute approximate surface area is 209 Å². The minimum Gasteiger partial charge on any atom is -0.330 e. The van der Waals surface area contributed by atoms with Gasteiger partial charge in [0.25, 0.3) is 11.6 Å². The molecule has 2 aromatic carbocycles. The van der Waals surface area contributed by atoms with Crippen molar-refractivity contribution in [3.63, 3.8) is 0 Å². The zero-order chi connectivity index (χ0) is 24.9. The lowest BCUT2D eigenvalue weighted by molar-refractivity contribution is -0.384. The third-order valence-electron chi connectivity index (χ3n) is 6.38. The first-order valence-electron chi connectivity index (χ1n) is 11.8. The molecule has 35 heavy (non-hydrogen) atoms. The summed E-state index contributed by atoms with van der Waals surface area (Å²) in [6.45, 7) is 4.99. The Morgan fingerprint density at radius 1 is 1.17 bits per heavy atom. The predicted molar refractivity (Wildman–Crippen MR) is 137 cm³/mol. The second kappa shape index (κ2) is 10.8. The van der Waals surface area contributed by atoms with Crippen LogP contribution in [0.1, 0.15) is 57.7 Å². The third kappa shape index (κ3) is 5.43. The molecule has 0 bridgehead atoms. The van der Waals surface area contributed by atoms with Crippen LogP contribution >= 0.6 is 11.3 Å². The van der Waals surface area contributed by atoms with E-state index < -0.39 is 4.92 Å². The van der Waals surface area contributed by atoms with E-state index in [9.17, 15) is 19.7 Å². The van der Waals surface area contributed by atoms with E-state index in [1.807, 2.05) is 18.7 Å². The lowest BCUT2D eigenvalue weighted by Gasteiger charge is -2.37. The van der Waals surface area contributed by atoms with Crippen LogP contribution in [0.4, 0.5) is 5.69 Å². The van der Waals surface area contributed by atoms with Crippen molar-refractivity contribution < 1.29 is 14.5 Å². The van der Waals surface area contributed by atoms with E-state index in [1.54, 1.807) is 17.4 Å². The van der Waals surface area contributed by atoms with E-state index in [1.165, 1.54) is 28.0 Å². The molecule has 0 spiro atoms. The van der Waals surface area contributed by atoms with Crippen molar-refractivity contribution in [1.29, 1.82) is 0 Å². The number of rotatable bonds is 8. The Kier molecular flexibility index (Phi) is 7.60. The lowest BCUT2D eigenvalue weighted by atomic mass is 9.92. The van der Waals surface area contributed by atoms with Gasteiger partial charge in [-0.3, -0.25) is 19.7 Å². The summed E-state index contributed by atoms with van der Waals surface area (Å²) in [6.07, 6.45) is 2.39. The first kappa shape index (κ1) is 24.6. The van der Waals surface area contributed by atoms with Gasteiger partial charge in [0.1, 0.15) is 6.54 Å². The monoisotopic (exact) mass is 491 g/mol. The van der Waals surface area contributed by atoms with E-state index in [0.717, 1.165) is 36.0 Å². The van der Waals surface area contributed by atoms with Crippen LogP contribution < -0.4 is 0 Å². The number of hydrogen-bond donors (Lipinski definition) is 0. The van der Waals surface area contributed by atoms with Gasteiger partial charge in [-0.1, -0.05) is 49.2 Å². The van der Waals surface area contributed by atoms with Crippen molar-refractivity contribution in [2.75, 3.05) is 19.6 Å². The van der Waals surface area contributed by atoms with Crippen LogP contribution in [-0.4, -0.2) is 46.2 Å². The Balaban J connectivity index is 1.61. The van der Waals surface area contributed by atoms with Gasteiger partial charge in [0.05, 0.1) is 11.0 Å². The zero-order valence-electron chi connectivity index (χ0n) is 20.0. The molecule has 0 aliphatic carbocycles. The second-order valence-electron chi connectivity index (χ2n) is 8.84. The highest BCUT2D eigenvalue weighted by atomic mass is 32.1. The second-order valence-corrected chi connectivity index (χ2v) is 9.84. The summed E-state index contributed by atoms with van der Waals surface area (Å²) >= 11 is 1.71. The molecule has 182 valence electrons. The first-order chi connectivity index (χ1) is 16.9. The van der Waals surface area contributed by atoms with Gasteiger partial charge >= 0.3 is 0 Å². The SMILES string of the molecule is CCCCN(CC(=O)N1CCc2sccc2C1c1ccc(C)cc1)C(=O)c1cccc([N+](=O)[O-])c1. The third-order valence-corrected chi connectivity index (χ3v) is 7.37. The standard InChI is InChI=1S/C27H29N3O4S/c1-3-4-14-28(27(32)21-6-5-7-22(17-21)30(33)34)18-25(31)29-15-12-24-23(13-16-35-24)26(29)20-10-8-19(2)9-11-20/h5-11,13,16-17,26H,3-4,12,14-15,18H2,1-2H3. The highest BCUT2D eigenvalue weighted by molar-refractivity contribution is 7.10. The largest absolute Gasteiger partial charge is 0.330 e. The molecule has 2 amide bonds. The lowest BCUT2D eigenvalue weighted by Crippen LogP contribution is -2.47. The molecular weight excluding hydrogens is 462 g/mol. The van der Waals surface area contributed by atoms with Crippen molar-refractivity contribution in [1.82, 2.24) is 9.80 Å². The fraction of sp³-hybridized carbons (Fsp3) is 0.333. The van der Waals surface area contributed by atoms with Crippen molar-refractivity contribution in [2.45, 2.75) is 39.2 Å². The maximum atomic E-state index is 13.7. The molecule has 0 saturated heterocycles. The number of hydrogen-bond acceptors (Lipinski definition) is 5. The van der Waals surface area contributed by atoms with Crippen LogP contribution in [0.25, 0.3) is 0 Å². The van der Waals surface area contributed by atoms with E-state index in [-0.39, 0.29) is 35.7 Å². The van der Waals surface area contributed by atoms with Gasteiger partial charge < -0.3 is 9.80 Å². The molecule has 0 radical (unpaired) electrons. The summed E-state index contributed by atoms with van der Waals surface area (Å²) < 4.78 is 0. The van der Waals surface area contributed by atoms with Crippen molar-refractivity contribution in [2.24, 2.45) is 0 Å². The van der Waals surface area contributed by atoms with Gasteiger partial charge in [0.15, 0.2) is 0 Å². The van der Waals surface area contributed by atoms with Crippen LogP contribution in [0.3, 0.4) is 0 Å². The van der Waals surface area contributed by atoms with Gasteiger partial charge in [-0.25, -0.2) is 0 Å². The normalized spacial score (nSPS) is 14.9. The summed E-state index contributed by atoms with van der Waals surface area (Å²) in [5, 5.41) is 13.3. The van der Waals surface area contributed by atoms with E-state index in [0.29, 0.717) is 13.1 Å². The number of nitro benzene ring substituents is 1. The summed E-state index contributed by atoms with van der Waals surface area (Å²) in [5.41, 5.74) is 3.42. The summed E-state index contributed by atoms with van der Waals surface area (Å²) in [7, 11) is 0. The number of thiophene rings is 1. The highest BCUT2D eigenvalue weighted by Crippen LogP contribution is 2.38. The van der Waals surface area contributed by atoms with Crippen molar-refractivity contribution in [3.8, 4) is 0 Å². The Morgan fingerprint density at radius 2 is 1.94 bits per heavy atom. The highest BCUT2D eigenvalue weighted by Gasteiger charge is 2.34. The quantitative estimate of drug-likeness (QED) is 0.313. The van der Waals surface area contributed by atoms with E-state index in [4.69, 9.17) is 0 Å². The van der Waals surface area contributed by atoms with E-state index in [2.05, 4.69) is 35.7 Å². The van der Waals surface area contributed by atoms with Gasteiger partial charge in [-0.15, -0.1) is 11.3 Å². The Hall–Kier alpha value is -3.52. The van der Waals surface area contributed by atoms with Crippen LogP contribution in [0.5, 0.6) is 0 Å². The number of benzene rings is 2. The van der Waals surface area contributed by atoms with Crippen LogP contribution in [0.2, 0.25) is 0 Å². The topological polar surface area (TPSA) is 83.8 Å². The van der Waals surface area contributed by atoms with Crippen molar-refractivity contribution >= 4 is 28.8 Å². The number of nitrogens with zero attached hydrogens (tertiary/aromatic N) is 3. The summed E-state index contributed by atoms with van der Waals surface area (Å²) in [4.78, 5) is 42.4. The molecule has 1 aliphatic heterocycles. The molecule has 3 aromatic rings. The molecule has 0 saturated carbocycles. The molecule has 0 fully saturated rings. The smallest absolute Gasteiger partial charge is 0.270 e. The average molecular weight is 492 g/mol. The number of amides is 2. The minimum absolute atomic E-state index is 0.0661. The molecular formula is C27H29N3O4S. The number of carbonyl (C=O) groups is 2. The van der Waals surface area contributed by atoms with Crippen LogP contribution in [0, 0.1) is 17.0 Å². The first-order valence-corrected chi connectivity index (χ1v) is 12.7. The maximum Gasteiger partial charge on any atom is 0.270 e. The molecule has 0 N–H and O–H groups in total. The average Bonchev–Trinajstić information content (AvgIpc) is 3.35. The Morgan fingerprint density at radius 3 is 2.66 bits per heavy atom. The molecule has 1 aromatic heterocycles. The van der Waals surface area contributed by atoms with Gasteiger partial charge in [-0.05, 0) is 48.4 Å². The van der Waals surface area contributed by atoms with Crippen molar-refractivity contribution in [3.05, 3.63) is 97.2 Å². The fourth-order valence-corrected chi connectivity index (χ4v) is 5.39. The number of carbonyl (C=O) groups excluding carboxylic acids is 2. The number of fused-ring (bicyclic) bond motifs is 1. The fourth-order valence-electron chi connectivity index (χ4n) is 4.48. The van der Waals surface area contributed by atoms with Gasteiger partial charge in [-0.2, -0.15) is 0 Å². The number of nitro groups is 1. The number of unbranched alkanes of at least 4 members (excludes halogenated alkanes) is 1. The zero-order valence-corrected chi connectivity index (χ0v) is 20.8. The van der Waals surface area contributed by atoms with Gasteiger partial charge in [0.2, 0.25) is 5.91 Å². The molecule has 1 aliphatic rings. The number of aryl methyl sites for hydroxylation is 1. The maximum absolute atomic E-state index is 13.7. The van der Waals surface area contributed by atoms with Crippen LogP contribution in [-0.2, 0) is 11.2 Å². The molecule has 7 nitrogen and oxygen atoms in total. The molecule has 1 atom stereocenters. The van der Waals surface area contributed by atoms with Crippen LogP contribution in [0.15, 0.2) is 60.0 Å². The van der Waals surface area contributed by atoms with E-state index >= 15 is 0 Å². The number of non-ortho nitro benzene ring substituents is 1.